The number of carbonyl (C=O) groups excluding carboxylic acids is 1. The number of anilines is 1. The number of amides is 1. The Bertz CT molecular complexity index is 971. The maximum atomic E-state index is 12.6. The van der Waals surface area contributed by atoms with Gasteiger partial charge in [-0.1, -0.05) is 0 Å². The molecule has 1 aliphatic carbocycles. The summed E-state index contributed by atoms with van der Waals surface area (Å²) in [5, 5.41) is 30.8. The normalized spacial score (nSPS) is 12.7. The van der Waals surface area contributed by atoms with Crippen molar-refractivity contribution in [2.45, 2.75) is 25.7 Å². The van der Waals surface area contributed by atoms with Crippen LogP contribution >= 0.6 is 11.3 Å². The van der Waals surface area contributed by atoms with Crippen LogP contribution in [0.25, 0.3) is 0 Å². The summed E-state index contributed by atoms with van der Waals surface area (Å²) in [4.78, 5) is 36.1. The first-order valence-corrected chi connectivity index (χ1v) is 8.70. The minimum Gasteiger partial charge on any atom is -0.478 e. The van der Waals surface area contributed by atoms with Gasteiger partial charge in [-0.2, -0.15) is 5.26 Å². The number of fused-ring (bicyclic) bond motifs is 1. The molecule has 0 radical (unpaired) electrons. The number of benzene rings is 1. The molecule has 1 heterocycles. The molecule has 1 aromatic carbocycles. The second-order valence-corrected chi connectivity index (χ2v) is 6.96. The van der Waals surface area contributed by atoms with Crippen LogP contribution in [-0.2, 0) is 12.8 Å². The van der Waals surface area contributed by atoms with Crippen LogP contribution < -0.4 is 5.32 Å². The first-order valence-electron chi connectivity index (χ1n) is 7.89. The Morgan fingerprint density at radius 2 is 1.81 bits per heavy atom. The lowest BCUT2D eigenvalue weighted by Crippen LogP contribution is -2.17. The number of thiophene rings is 1. The van der Waals surface area contributed by atoms with Crippen molar-refractivity contribution in [2.24, 2.45) is 0 Å². The lowest BCUT2D eigenvalue weighted by molar-refractivity contribution is 0.0692. The van der Waals surface area contributed by atoms with Gasteiger partial charge in [-0.25, -0.2) is 9.59 Å². The molecule has 2 aromatic rings. The lowest BCUT2D eigenvalue weighted by Gasteiger charge is -2.09. The second kappa shape index (κ2) is 6.98. The van der Waals surface area contributed by atoms with Crippen LogP contribution in [0.1, 0.15) is 59.9 Å². The third-order valence-electron chi connectivity index (χ3n) is 4.25. The Morgan fingerprint density at radius 3 is 2.46 bits per heavy atom. The highest BCUT2D eigenvalue weighted by Crippen LogP contribution is 2.37. The van der Waals surface area contributed by atoms with Gasteiger partial charge >= 0.3 is 11.9 Å². The number of nitriles is 1. The van der Waals surface area contributed by atoms with E-state index in [1.807, 2.05) is 0 Å². The van der Waals surface area contributed by atoms with Crippen molar-refractivity contribution >= 4 is 34.2 Å². The van der Waals surface area contributed by atoms with Crippen LogP contribution in [0.3, 0.4) is 0 Å². The summed E-state index contributed by atoms with van der Waals surface area (Å²) in [5.74, 6) is -3.36. The van der Waals surface area contributed by atoms with Crippen molar-refractivity contribution in [3.05, 3.63) is 50.9 Å². The minimum absolute atomic E-state index is 0.155. The first-order chi connectivity index (χ1) is 12.4. The second-order valence-electron chi connectivity index (χ2n) is 5.85. The molecular weight excluding hydrogens is 356 g/mol. The molecule has 0 spiro atoms. The molecule has 3 rings (SSSR count). The van der Waals surface area contributed by atoms with Gasteiger partial charge in [0.15, 0.2) is 0 Å². The number of carbonyl (C=O) groups is 3. The molecule has 26 heavy (non-hydrogen) atoms. The number of aromatic carboxylic acids is 2. The number of carboxylic acid groups (broad SMARTS) is 2. The predicted octanol–water partition coefficient (Wildman–Crippen LogP) is 3.15. The Hall–Kier alpha value is -3.18. The van der Waals surface area contributed by atoms with Gasteiger partial charge in [0.05, 0.1) is 22.3 Å². The molecule has 0 bridgehead atoms. The van der Waals surface area contributed by atoms with E-state index in [9.17, 15) is 24.8 Å². The maximum absolute atomic E-state index is 12.6. The van der Waals surface area contributed by atoms with E-state index < -0.39 is 23.4 Å². The predicted molar refractivity (Wildman–Crippen MR) is 94.0 cm³/mol. The fraction of sp³-hybridized carbons (Fsp3) is 0.222. The summed E-state index contributed by atoms with van der Waals surface area (Å²) >= 11 is 1.34. The molecule has 1 aromatic heterocycles. The Labute approximate surface area is 152 Å². The van der Waals surface area contributed by atoms with E-state index in [2.05, 4.69) is 11.4 Å². The summed E-state index contributed by atoms with van der Waals surface area (Å²) in [6, 6.07) is 5.42. The van der Waals surface area contributed by atoms with Crippen LogP contribution in [0.15, 0.2) is 18.2 Å². The van der Waals surface area contributed by atoms with Gasteiger partial charge in [-0.15, -0.1) is 11.3 Å². The molecule has 0 unspecified atom stereocenters. The SMILES string of the molecule is N#Cc1c(NC(=O)c2ccc(C(=O)O)cc2C(=O)O)sc2c1CCCC2. The molecular formula is C18H14N2O5S. The topological polar surface area (TPSA) is 127 Å². The van der Waals surface area contributed by atoms with E-state index in [0.717, 1.165) is 42.2 Å². The monoisotopic (exact) mass is 370 g/mol. The molecule has 0 atom stereocenters. The van der Waals surface area contributed by atoms with Crippen LogP contribution in [0.2, 0.25) is 0 Å². The number of hydrogen-bond donors (Lipinski definition) is 3. The number of hydrogen-bond acceptors (Lipinski definition) is 5. The van der Waals surface area contributed by atoms with Crippen molar-refractivity contribution in [2.75, 3.05) is 5.32 Å². The zero-order valence-electron chi connectivity index (χ0n) is 13.5. The molecule has 0 aliphatic heterocycles. The van der Waals surface area contributed by atoms with E-state index in [1.54, 1.807) is 0 Å². The Morgan fingerprint density at radius 1 is 1.08 bits per heavy atom. The third kappa shape index (κ3) is 3.17. The van der Waals surface area contributed by atoms with Crippen LogP contribution in [0.5, 0.6) is 0 Å². The van der Waals surface area contributed by atoms with Gasteiger partial charge in [0.25, 0.3) is 5.91 Å². The number of nitrogens with one attached hydrogen (secondary N) is 1. The largest absolute Gasteiger partial charge is 0.478 e. The average molecular weight is 370 g/mol. The van der Waals surface area contributed by atoms with E-state index in [4.69, 9.17) is 5.11 Å². The molecule has 3 N–H and O–H groups in total. The molecule has 1 amide bonds. The highest BCUT2D eigenvalue weighted by Gasteiger charge is 2.24. The van der Waals surface area contributed by atoms with Crippen molar-refractivity contribution in [3.63, 3.8) is 0 Å². The van der Waals surface area contributed by atoms with Crippen LogP contribution in [-0.4, -0.2) is 28.1 Å². The standard InChI is InChI=1S/C18H14N2O5S/c19-8-13-10-3-1-2-4-14(10)26-16(13)20-15(21)11-6-5-9(17(22)23)7-12(11)18(24)25/h5-7H,1-4H2,(H,20,21)(H,22,23)(H,24,25). The van der Waals surface area contributed by atoms with E-state index in [0.29, 0.717) is 10.6 Å². The summed E-state index contributed by atoms with van der Waals surface area (Å²) in [5.41, 5.74) is 0.610. The Balaban J connectivity index is 1.97. The van der Waals surface area contributed by atoms with Gasteiger partial charge in [-0.3, -0.25) is 4.79 Å². The molecule has 0 saturated heterocycles. The highest BCUT2D eigenvalue weighted by atomic mass is 32.1. The number of aryl methyl sites for hydroxylation is 1. The zero-order chi connectivity index (χ0) is 18.8. The summed E-state index contributed by atoms with van der Waals surface area (Å²) in [7, 11) is 0. The first kappa shape index (κ1) is 17.6. The van der Waals surface area contributed by atoms with E-state index in [-0.39, 0.29) is 11.1 Å². The van der Waals surface area contributed by atoms with Crippen molar-refractivity contribution < 1.29 is 24.6 Å². The summed E-state index contributed by atoms with van der Waals surface area (Å²) < 4.78 is 0. The fourth-order valence-corrected chi connectivity index (χ4v) is 4.23. The van der Waals surface area contributed by atoms with Gasteiger partial charge in [0.1, 0.15) is 11.1 Å². The molecule has 0 fully saturated rings. The Kier molecular flexibility index (Phi) is 4.73. The number of nitrogens with zero attached hydrogens (tertiary/aromatic N) is 1. The smallest absolute Gasteiger partial charge is 0.336 e. The third-order valence-corrected chi connectivity index (χ3v) is 5.46. The molecule has 0 saturated carbocycles. The van der Waals surface area contributed by atoms with Crippen molar-refractivity contribution in [1.29, 1.82) is 5.26 Å². The minimum atomic E-state index is -1.40. The van der Waals surface area contributed by atoms with Gasteiger partial charge in [0.2, 0.25) is 0 Å². The van der Waals surface area contributed by atoms with Crippen molar-refractivity contribution in [1.82, 2.24) is 0 Å². The van der Waals surface area contributed by atoms with Gasteiger partial charge < -0.3 is 15.5 Å². The van der Waals surface area contributed by atoms with Crippen LogP contribution in [0.4, 0.5) is 5.00 Å². The molecule has 8 heteroatoms. The van der Waals surface area contributed by atoms with Gasteiger partial charge in [-0.05, 0) is 49.4 Å². The summed E-state index contributed by atoms with van der Waals surface area (Å²) in [6.45, 7) is 0. The van der Waals surface area contributed by atoms with Crippen molar-refractivity contribution in [3.8, 4) is 6.07 Å². The zero-order valence-corrected chi connectivity index (χ0v) is 14.4. The quantitative estimate of drug-likeness (QED) is 0.758. The molecule has 1 aliphatic rings. The van der Waals surface area contributed by atoms with Gasteiger partial charge in [0, 0.05) is 4.88 Å². The molecule has 132 valence electrons. The highest BCUT2D eigenvalue weighted by molar-refractivity contribution is 7.16. The van der Waals surface area contributed by atoms with E-state index >= 15 is 0 Å². The maximum Gasteiger partial charge on any atom is 0.336 e. The number of carboxylic acids is 2. The summed E-state index contributed by atoms with van der Waals surface area (Å²) in [6.07, 6.45) is 3.67. The average Bonchev–Trinajstić information content (AvgIpc) is 2.97. The molecule has 7 nitrogen and oxygen atoms in total. The fourth-order valence-electron chi connectivity index (χ4n) is 2.99. The van der Waals surface area contributed by atoms with E-state index in [1.165, 1.54) is 23.5 Å². The van der Waals surface area contributed by atoms with Crippen LogP contribution in [0, 0.1) is 11.3 Å². The number of rotatable bonds is 4. The lowest BCUT2D eigenvalue weighted by atomic mass is 9.96.